The summed E-state index contributed by atoms with van der Waals surface area (Å²) < 4.78 is 23.8. The van der Waals surface area contributed by atoms with Crippen molar-refractivity contribution in [1.29, 1.82) is 0 Å². The van der Waals surface area contributed by atoms with Crippen LogP contribution < -0.4 is 4.90 Å². The first kappa shape index (κ1) is 21.1. The van der Waals surface area contributed by atoms with Crippen molar-refractivity contribution in [3.8, 4) is 0 Å². The summed E-state index contributed by atoms with van der Waals surface area (Å²) in [6, 6.07) is 8.36. The van der Waals surface area contributed by atoms with Crippen LogP contribution in [0.1, 0.15) is 25.8 Å². The highest BCUT2D eigenvalue weighted by atomic mass is 32.2. The quantitative estimate of drug-likeness (QED) is 0.720. The number of piperazine rings is 1. The number of carbonyl (C=O) groups excluding carboxylic acids is 1. The molecule has 1 aromatic carbocycles. The molecule has 0 radical (unpaired) electrons. The van der Waals surface area contributed by atoms with E-state index in [2.05, 4.69) is 54.8 Å². The molecule has 0 aliphatic carbocycles. The minimum Gasteiger partial charge on any atom is -0.369 e. The standard InChI is InChI=1S/C21H33N3O3S/c1-17(2)14-24(20-7-12-28(26,27)16-20)21(25)15-22-8-10-23(11-9-22)19-6-4-5-18(3)13-19/h4-6,13,17,20H,7-12,14-16H2,1-3H3/t20-/m0/s1. The van der Waals surface area contributed by atoms with Gasteiger partial charge in [-0.1, -0.05) is 26.0 Å². The maximum absolute atomic E-state index is 13.0. The first-order valence-electron chi connectivity index (χ1n) is 10.3. The molecular formula is C21H33N3O3S. The highest BCUT2D eigenvalue weighted by Crippen LogP contribution is 2.21. The van der Waals surface area contributed by atoms with Crippen LogP contribution in [0.4, 0.5) is 5.69 Å². The minimum atomic E-state index is -3.00. The third-order valence-corrected chi connectivity index (χ3v) is 7.38. The second-order valence-corrected chi connectivity index (χ2v) is 10.8. The largest absolute Gasteiger partial charge is 0.369 e. The molecule has 0 aromatic heterocycles. The van der Waals surface area contributed by atoms with Gasteiger partial charge in [-0.25, -0.2) is 8.42 Å². The number of hydrogen-bond donors (Lipinski definition) is 0. The van der Waals surface area contributed by atoms with Gasteiger partial charge in [0.15, 0.2) is 9.84 Å². The summed E-state index contributed by atoms with van der Waals surface area (Å²) in [5, 5.41) is 0. The number of hydrogen-bond acceptors (Lipinski definition) is 5. The monoisotopic (exact) mass is 407 g/mol. The van der Waals surface area contributed by atoms with Crippen molar-refractivity contribution >= 4 is 21.4 Å². The summed E-state index contributed by atoms with van der Waals surface area (Å²) in [5.74, 6) is 0.714. The molecule has 2 saturated heterocycles. The molecule has 1 aromatic rings. The zero-order valence-electron chi connectivity index (χ0n) is 17.3. The van der Waals surface area contributed by atoms with Gasteiger partial charge in [0, 0.05) is 44.5 Å². The lowest BCUT2D eigenvalue weighted by atomic mass is 10.1. The van der Waals surface area contributed by atoms with E-state index in [1.54, 1.807) is 0 Å². The van der Waals surface area contributed by atoms with Gasteiger partial charge in [0.25, 0.3) is 0 Å². The third kappa shape index (κ3) is 5.47. The van der Waals surface area contributed by atoms with Gasteiger partial charge >= 0.3 is 0 Å². The van der Waals surface area contributed by atoms with Gasteiger partial charge in [0.1, 0.15) is 0 Å². The molecule has 1 atom stereocenters. The van der Waals surface area contributed by atoms with Crippen molar-refractivity contribution in [1.82, 2.24) is 9.80 Å². The molecule has 3 rings (SSSR count). The van der Waals surface area contributed by atoms with E-state index in [0.717, 1.165) is 26.2 Å². The second-order valence-electron chi connectivity index (χ2n) is 8.60. The molecule has 0 saturated carbocycles. The third-order valence-electron chi connectivity index (χ3n) is 5.63. The average molecular weight is 408 g/mol. The SMILES string of the molecule is Cc1cccc(N2CCN(CC(=O)N(CC(C)C)[C@H]3CCS(=O)(=O)C3)CC2)c1. The van der Waals surface area contributed by atoms with Crippen molar-refractivity contribution in [2.75, 3.05) is 55.7 Å². The van der Waals surface area contributed by atoms with Gasteiger partial charge in [0.2, 0.25) is 5.91 Å². The van der Waals surface area contributed by atoms with Gasteiger partial charge in [-0.2, -0.15) is 0 Å². The molecule has 156 valence electrons. The number of benzene rings is 1. The summed E-state index contributed by atoms with van der Waals surface area (Å²) in [6.07, 6.45) is 0.571. The van der Waals surface area contributed by atoms with Crippen molar-refractivity contribution in [3.05, 3.63) is 29.8 Å². The van der Waals surface area contributed by atoms with Gasteiger partial charge in [-0.3, -0.25) is 9.69 Å². The van der Waals surface area contributed by atoms with E-state index in [4.69, 9.17) is 0 Å². The molecule has 2 fully saturated rings. The first-order valence-corrected chi connectivity index (χ1v) is 12.1. The Hall–Kier alpha value is -1.60. The van der Waals surface area contributed by atoms with Crippen LogP contribution >= 0.6 is 0 Å². The van der Waals surface area contributed by atoms with Crippen LogP contribution in [0.25, 0.3) is 0 Å². The number of rotatable bonds is 6. The molecular weight excluding hydrogens is 374 g/mol. The Balaban J connectivity index is 1.57. The molecule has 0 spiro atoms. The molecule has 0 unspecified atom stereocenters. The minimum absolute atomic E-state index is 0.0693. The number of aryl methyl sites for hydroxylation is 1. The van der Waals surface area contributed by atoms with Crippen LogP contribution in [-0.4, -0.2) is 80.9 Å². The van der Waals surface area contributed by atoms with Crippen LogP contribution in [0.3, 0.4) is 0 Å². The summed E-state index contributed by atoms with van der Waals surface area (Å²) in [7, 11) is -3.00. The predicted molar refractivity (Wildman–Crippen MR) is 113 cm³/mol. The Morgan fingerprint density at radius 3 is 2.50 bits per heavy atom. The van der Waals surface area contributed by atoms with Crippen LogP contribution in [-0.2, 0) is 14.6 Å². The Labute approximate surface area is 169 Å². The zero-order chi connectivity index (χ0) is 20.3. The lowest BCUT2D eigenvalue weighted by Gasteiger charge is -2.38. The van der Waals surface area contributed by atoms with Gasteiger partial charge < -0.3 is 9.80 Å². The summed E-state index contributed by atoms with van der Waals surface area (Å²) in [6.45, 7) is 10.8. The normalized spacial score (nSPS) is 22.6. The van der Waals surface area contributed by atoms with Crippen molar-refractivity contribution in [2.24, 2.45) is 5.92 Å². The maximum Gasteiger partial charge on any atom is 0.237 e. The van der Waals surface area contributed by atoms with E-state index in [1.165, 1.54) is 11.3 Å². The topological polar surface area (TPSA) is 60.9 Å². The first-order chi connectivity index (χ1) is 13.2. The van der Waals surface area contributed by atoms with E-state index in [1.807, 2.05) is 4.90 Å². The number of sulfone groups is 1. The Kier molecular flexibility index (Phi) is 6.65. The lowest BCUT2D eigenvalue weighted by molar-refractivity contribution is -0.135. The fourth-order valence-corrected chi connectivity index (χ4v) is 5.87. The van der Waals surface area contributed by atoms with Crippen molar-refractivity contribution in [3.63, 3.8) is 0 Å². The summed E-state index contributed by atoms with van der Waals surface area (Å²) in [5.41, 5.74) is 2.49. The van der Waals surface area contributed by atoms with Crippen LogP contribution in [0.5, 0.6) is 0 Å². The highest BCUT2D eigenvalue weighted by molar-refractivity contribution is 7.91. The molecule has 0 bridgehead atoms. The molecule has 28 heavy (non-hydrogen) atoms. The lowest BCUT2D eigenvalue weighted by Crippen LogP contribution is -2.52. The molecule has 0 N–H and O–H groups in total. The summed E-state index contributed by atoms with van der Waals surface area (Å²) in [4.78, 5) is 19.4. The zero-order valence-corrected chi connectivity index (χ0v) is 18.1. The Morgan fingerprint density at radius 2 is 1.93 bits per heavy atom. The molecule has 6 nitrogen and oxygen atoms in total. The summed E-state index contributed by atoms with van der Waals surface area (Å²) >= 11 is 0. The molecule has 2 aliphatic rings. The Morgan fingerprint density at radius 1 is 1.21 bits per heavy atom. The number of nitrogens with zero attached hydrogens (tertiary/aromatic N) is 3. The van der Waals surface area contributed by atoms with E-state index >= 15 is 0 Å². The number of carbonyl (C=O) groups is 1. The second kappa shape index (κ2) is 8.82. The molecule has 1 amide bonds. The molecule has 2 heterocycles. The van der Waals surface area contributed by atoms with Crippen LogP contribution in [0.2, 0.25) is 0 Å². The predicted octanol–water partition coefficient (Wildman–Crippen LogP) is 1.79. The smallest absolute Gasteiger partial charge is 0.237 e. The molecule has 7 heteroatoms. The van der Waals surface area contributed by atoms with E-state index in [-0.39, 0.29) is 23.5 Å². The van der Waals surface area contributed by atoms with E-state index in [0.29, 0.717) is 25.4 Å². The fraction of sp³-hybridized carbons (Fsp3) is 0.667. The van der Waals surface area contributed by atoms with Crippen molar-refractivity contribution in [2.45, 2.75) is 33.2 Å². The molecule has 2 aliphatic heterocycles. The van der Waals surface area contributed by atoms with E-state index in [9.17, 15) is 13.2 Å². The average Bonchev–Trinajstić information content (AvgIpc) is 2.99. The van der Waals surface area contributed by atoms with Gasteiger partial charge in [0.05, 0.1) is 18.1 Å². The van der Waals surface area contributed by atoms with E-state index < -0.39 is 9.84 Å². The van der Waals surface area contributed by atoms with Gasteiger partial charge in [-0.05, 0) is 37.0 Å². The fourth-order valence-electron chi connectivity index (χ4n) is 4.14. The van der Waals surface area contributed by atoms with Crippen molar-refractivity contribution < 1.29 is 13.2 Å². The van der Waals surface area contributed by atoms with Crippen LogP contribution in [0.15, 0.2) is 24.3 Å². The Bertz CT molecular complexity index is 786. The highest BCUT2D eigenvalue weighted by Gasteiger charge is 2.35. The number of amides is 1. The van der Waals surface area contributed by atoms with Crippen LogP contribution in [0, 0.1) is 12.8 Å². The number of anilines is 1. The maximum atomic E-state index is 13.0. The van der Waals surface area contributed by atoms with Gasteiger partial charge in [-0.15, -0.1) is 0 Å².